The molecule has 114 valence electrons. The fraction of sp³-hybridized carbons (Fsp3) is 0.588. The molecule has 2 fully saturated rings. The Bertz CT molecular complexity index is 529. The largest absolute Gasteiger partial charge is 0.387 e. The Morgan fingerprint density at radius 1 is 1.24 bits per heavy atom. The first kappa shape index (κ1) is 14.4. The van der Waals surface area contributed by atoms with Gasteiger partial charge in [0.1, 0.15) is 0 Å². The average molecular weight is 287 g/mol. The number of carbonyl (C=O) groups excluding carboxylic acids is 1. The number of nitrogens with zero attached hydrogens (tertiary/aromatic N) is 1. The Kier molecular flexibility index (Phi) is 4.15. The van der Waals surface area contributed by atoms with Gasteiger partial charge in [0.05, 0.1) is 5.56 Å². The third-order valence-corrected chi connectivity index (χ3v) is 4.86. The van der Waals surface area contributed by atoms with E-state index in [9.17, 15) is 4.79 Å². The van der Waals surface area contributed by atoms with Gasteiger partial charge in [0, 0.05) is 31.4 Å². The number of aryl methyl sites for hydroxylation is 1. The molecule has 21 heavy (non-hydrogen) atoms. The number of benzene rings is 1. The number of hydrogen-bond donors (Lipinski definition) is 2. The number of fused-ring (bicyclic) bond motifs is 1. The maximum atomic E-state index is 12.6. The van der Waals surface area contributed by atoms with Crippen molar-refractivity contribution in [3.8, 4) is 0 Å². The van der Waals surface area contributed by atoms with E-state index in [1.807, 2.05) is 32.2 Å². The van der Waals surface area contributed by atoms with Crippen LogP contribution in [0.25, 0.3) is 0 Å². The second kappa shape index (κ2) is 6.06. The highest BCUT2D eigenvalue weighted by Crippen LogP contribution is 2.27. The fourth-order valence-electron chi connectivity index (χ4n) is 3.72. The van der Waals surface area contributed by atoms with E-state index in [2.05, 4.69) is 15.5 Å². The summed E-state index contributed by atoms with van der Waals surface area (Å²) in [7, 11) is 1.87. The summed E-state index contributed by atoms with van der Waals surface area (Å²) in [4.78, 5) is 15.1. The van der Waals surface area contributed by atoms with Crippen molar-refractivity contribution >= 4 is 11.6 Å². The van der Waals surface area contributed by atoms with Crippen LogP contribution >= 0.6 is 0 Å². The summed E-state index contributed by atoms with van der Waals surface area (Å²) < 4.78 is 0. The van der Waals surface area contributed by atoms with Crippen molar-refractivity contribution < 1.29 is 4.79 Å². The van der Waals surface area contributed by atoms with Crippen molar-refractivity contribution in [2.24, 2.45) is 0 Å². The van der Waals surface area contributed by atoms with E-state index in [4.69, 9.17) is 0 Å². The number of anilines is 1. The van der Waals surface area contributed by atoms with Gasteiger partial charge in [0.15, 0.2) is 0 Å². The quantitative estimate of drug-likeness (QED) is 0.897. The number of amides is 1. The molecule has 0 bridgehead atoms. The molecule has 2 unspecified atom stereocenters. The molecule has 1 amide bonds. The minimum atomic E-state index is 0.0526. The lowest BCUT2D eigenvalue weighted by molar-refractivity contribution is 0.0916. The van der Waals surface area contributed by atoms with Crippen LogP contribution in [0.5, 0.6) is 0 Å². The van der Waals surface area contributed by atoms with E-state index in [1.165, 1.54) is 25.8 Å². The third-order valence-electron chi connectivity index (χ3n) is 4.86. The van der Waals surface area contributed by atoms with E-state index in [1.54, 1.807) is 0 Å². The molecule has 0 aliphatic carbocycles. The Hall–Kier alpha value is -1.55. The van der Waals surface area contributed by atoms with Crippen molar-refractivity contribution in [3.05, 3.63) is 29.3 Å². The van der Waals surface area contributed by atoms with Gasteiger partial charge >= 0.3 is 0 Å². The van der Waals surface area contributed by atoms with Gasteiger partial charge in [-0.1, -0.05) is 12.5 Å². The summed E-state index contributed by atoms with van der Waals surface area (Å²) in [6.07, 6.45) is 4.90. The maximum Gasteiger partial charge on any atom is 0.253 e. The zero-order chi connectivity index (χ0) is 14.8. The van der Waals surface area contributed by atoms with Crippen molar-refractivity contribution in [3.63, 3.8) is 0 Å². The van der Waals surface area contributed by atoms with Gasteiger partial charge in [-0.15, -0.1) is 0 Å². The second-order valence-corrected chi connectivity index (χ2v) is 6.27. The second-order valence-electron chi connectivity index (χ2n) is 6.27. The molecule has 2 heterocycles. The van der Waals surface area contributed by atoms with Crippen LogP contribution in [0.1, 0.15) is 41.6 Å². The molecule has 4 heteroatoms. The van der Waals surface area contributed by atoms with Gasteiger partial charge in [-0.3, -0.25) is 9.69 Å². The zero-order valence-corrected chi connectivity index (χ0v) is 13.0. The number of carbonyl (C=O) groups is 1. The monoisotopic (exact) mass is 287 g/mol. The van der Waals surface area contributed by atoms with Crippen molar-refractivity contribution in [2.45, 2.75) is 44.7 Å². The lowest BCUT2D eigenvalue weighted by Crippen LogP contribution is -2.46. The normalized spacial score (nSPS) is 25.4. The van der Waals surface area contributed by atoms with Crippen LogP contribution in [0.15, 0.2) is 18.2 Å². The molecule has 2 aliphatic rings. The SMILES string of the molecule is CNc1cc(C)ccc1C(=O)NC1CCN2CCCCC12. The molecule has 2 aliphatic heterocycles. The van der Waals surface area contributed by atoms with Gasteiger partial charge in [0.2, 0.25) is 0 Å². The minimum Gasteiger partial charge on any atom is -0.387 e. The van der Waals surface area contributed by atoms with E-state index in [0.29, 0.717) is 12.1 Å². The van der Waals surface area contributed by atoms with Crippen LogP contribution < -0.4 is 10.6 Å². The average Bonchev–Trinajstić information content (AvgIpc) is 2.90. The molecule has 2 atom stereocenters. The van der Waals surface area contributed by atoms with E-state index in [0.717, 1.165) is 29.8 Å². The molecule has 2 saturated heterocycles. The Morgan fingerprint density at radius 3 is 2.90 bits per heavy atom. The van der Waals surface area contributed by atoms with E-state index < -0.39 is 0 Å². The topological polar surface area (TPSA) is 44.4 Å². The molecule has 4 nitrogen and oxygen atoms in total. The summed E-state index contributed by atoms with van der Waals surface area (Å²) in [5.41, 5.74) is 2.82. The van der Waals surface area contributed by atoms with Crippen molar-refractivity contribution in [1.29, 1.82) is 0 Å². The molecule has 2 N–H and O–H groups in total. The van der Waals surface area contributed by atoms with Crippen LogP contribution in [0, 0.1) is 6.92 Å². The van der Waals surface area contributed by atoms with Crippen LogP contribution in [-0.2, 0) is 0 Å². The lowest BCUT2D eigenvalue weighted by atomic mass is 9.98. The number of hydrogen-bond acceptors (Lipinski definition) is 3. The Morgan fingerprint density at radius 2 is 2.10 bits per heavy atom. The van der Waals surface area contributed by atoms with Gasteiger partial charge < -0.3 is 10.6 Å². The molecular formula is C17H25N3O. The highest BCUT2D eigenvalue weighted by molar-refractivity contribution is 5.99. The molecule has 0 radical (unpaired) electrons. The van der Waals surface area contributed by atoms with Gasteiger partial charge in [0.25, 0.3) is 5.91 Å². The number of nitrogens with one attached hydrogen (secondary N) is 2. The zero-order valence-electron chi connectivity index (χ0n) is 13.0. The smallest absolute Gasteiger partial charge is 0.253 e. The summed E-state index contributed by atoms with van der Waals surface area (Å²) in [5.74, 6) is 0.0526. The molecule has 3 rings (SSSR count). The molecule has 1 aromatic rings. The molecular weight excluding hydrogens is 262 g/mol. The first-order valence-corrected chi connectivity index (χ1v) is 8.02. The molecule has 0 saturated carbocycles. The van der Waals surface area contributed by atoms with Crippen LogP contribution in [-0.4, -0.2) is 43.0 Å². The van der Waals surface area contributed by atoms with Crippen molar-refractivity contribution in [1.82, 2.24) is 10.2 Å². The predicted octanol–water partition coefficient (Wildman–Crippen LogP) is 2.39. The first-order valence-electron chi connectivity index (χ1n) is 8.02. The minimum absolute atomic E-state index is 0.0526. The van der Waals surface area contributed by atoms with Gasteiger partial charge in [-0.2, -0.15) is 0 Å². The highest BCUT2D eigenvalue weighted by atomic mass is 16.1. The lowest BCUT2D eigenvalue weighted by Gasteiger charge is -2.32. The van der Waals surface area contributed by atoms with E-state index in [-0.39, 0.29) is 5.91 Å². The Balaban J connectivity index is 1.72. The predicted molar refractivity (Wildman–Crippen MR) is 85.8 cm³/mol. The van der Waals surface area contributed by atoms with Crippen LogP contribution in [0.4, 0.5) is 5.69 Å². The molecule has 1 aromatic carbocycles. The highest BCUT2D eigenvalue weighted by Gasteiger charge is 2.36. The van der Waals surface area contributed by atoms with Crippen LogP contribution in [0.2, 0.25) is 0 Å². The van der Waals surface area contributed by atoms with E-state index >= 15 is 0 Å². The first-order chi connectivity index (χ1) is 10.2. The Labute approximate surface area is 126 Å². The maximum absolute atomic E-state index is 12.6. The molecule has 0 spiro atoms. The fourth-order valence-corrected chi connectivity index (χ4v) is 3.72. The molecule has 0 aromatic heterocycles. The van der Waals surface area contributed by atoms with Gasteiger partial charge in [-0.05, 0) is 50.4 Å². The van der Waals surface area contributed by atoms with Gasteiger partial charge in [-0.25, -0.2) is 0 Å². The third kappa shape index (κ3) is 2.91. The summed E-state index contributed by atoms with van der Waals surface area (Å²) in [6, 6.07) is 6.80. The number of piperidine rings is 1. The summed E-state index contributed by atoms with van der Waals surface area (Å²) in [6.45, 7) is 4.37. The summed E-state index contributed by atoms with van der Waals surface area (Å²) in [5, 5.41) is 6.40. The van der Waals surface area contributed by atoms with Crippen LogP contribution in [0.3, 0.4) is 0 Å². The summed E-state index contributed by atoms with van der Waals surface area (Å²) >= 11 is 0. The number of rotatable bonds is 3. The van der Waals surface area contributed by atoms with Crippen molar-refractivity contribution in [2.75, 3.05) is 25.5 Å². The standard InChI is InChI=1S/C17H25N3O/c1-12-6-7-13(15(11-12)18-2)17(21)19-14-8-10-20-9-4-3-5-16(14)20/h6-7,11,14,16,18H,3-5,8-10H2,1-2H3,(H,19,21).